The highest BCUT2D eigenvalue weighted by molar-refractivity contribution is 5.96. The van der Waals surface area contributed by atoms with Gasteiger partial charge in [-0.1, -0.05) is 38.1 Å². The number of anilines is 1. The minimum atomic E-state index is -0.220. The van der Waals surface area contributed by atoms with Gasteiger partial charge in [-0.15, -0.1) is 0 Å². The largest absolute Gasteiger partial charge is 0.339 e. The van der Waals surface area contributed by atoms with Crippen molar-refractivity contribution in [3.05, 3.63) is 54.0 Å². The normalized spacial score (nSPS) is 12.8. The highest BCUT2D eigenvalue weighted by Crippen LogP contribution is 2.31. The van der Waals surface area contributed by atoms with Crippen molar-refractivity contribution < 1.29 is 4.39 Å². The fourth-order valence-electron chi connectivity index (χ4n) is 2.77. The number of fused-ring (bicyclic) bond motifs is 1. The molecule has 0 bridgehead atoms. The first kappa shape index (κ1) is 18.3. The molecule has 0 saturated heterocycles. The van der Waals surface area contributed by atoms with E-state index in [0.29, 0.717) is 11.3 Å². The lowest BCUT2D eigenvalue weighted by Crippen LogP contribution is -2.33. The number of aromatic nitrogens is 2. The van der Waals surface area contributed by atoms with E-state index in [2.05, 4.69) is 36.0 Å². The summed E-state index contributed by atoms with van der Waals surface area (Å²) in [6.45, 7) is 6.26. The molecule has 1 unspecified atom stereocenters. The average Bonchev–Trinajstić information content (AvgIpc) is 2.61. The molecule has 0 aliphatic heterocycles. The van der Waals surface area contributed by atoms with Crippen LogP contribution in [-0.4, -0.2) is 35.1 Å². The zero-order valence-corrected chi connectivity index (χ0v) is 15.9. The zero-order chi connectivity index (χ0) is 18.8. The van der Waals surface area contributed by atoms with Crippen LogP contribution in [0.1, 0.15) is 32.4 Å². The Morgan fingerprint density at radius 1 is 0.962 bits per heavy atom. The van der Waals surface area contributed by atoms with Crippen LogP contribution < -0.4 is 5.32 Å². The third kappa shape index (κ3) is 3.68. The lowest BCUT2D eigenvalue weighted by Gasteiger charge is -2.22. The third-order valence-electron chi connectivity index (χ3n) is 4.60. The number of benzene rings is 2. The standard InChI is InChI=1S/C21H25FN4/c1-13(2)19-12-20(25-21(24-19)23-14(3)26(4)5)17-10-11-18(22)16-9-7-6-8-15(16)17/h6-14H,1-5H3,(H,23,24,25). The maximum Gasteiger partial charge on any atom is 0.224 e. The van der Waals surface area contributed by atoms with Crippen molar-refractivity contribution in [2.45, 2.75) is 32.9 Å². The van der Waals surface area contributed by atoms with Crippen LogP contribution in [0, 0.1) is 5.82 Å². The smallest absolute Gasteiger partial charge is 0.224 e. The second kappa shape index (κ2) is 7.38. The number of hydrogen-bond acceptors (Lipinski definition) is 4. The molecule has 1 aromatic heterocycles. The second-order valence-corrected chi connectivity index (χ2v) is 7.08. The molecule has 0 aliphatic rings. The van der Waals surface area contributed by atoms with Gasteiger partial charge in [0.05, 0.1) is 11.9 Å². The van der Waals surface area contributed by atoms with Crippen molar-refractivity contribution in [2.24, 2.45) is 0 Å². The Morgan fingerprint density at radius 2 is 1.65 bits per heavy atom. The van der Waals surface area contributed by atoms with Gasteiger partial charge >= 0.3 is 0 Å². The Hall–Kier alpha value is -2.53. The molecule has 4 nitrogen and oxygen atoms in total. The first-order valence-corrected chi connectivity index (χ1v) is 8.86. The van der Waals surface area contributed by atoms with Crippen LogP contribution >= 0.6 is 0 Å². The maximum absolute atomic E-state index is 14.2. The summed E-state index contributed by atoms with van der Waals surface area (Å²) >= 11 is 0. The van der Waals surface area contributed by atoms with E-state index in [1.807, 2.05) is 38.4 Å². The van der Waals surface area contributed by atoms with Crippen LogP contribution in [0.4, 0.5) is 10.3 Å². The first-order valence-electron chi connectivity index (χ1n) is 8.86. The molecule has 1 N–H and O–H groups in total. The fraction of sp³-hybridized carbons (Fsp3) is 0.333. The van der Waals surface area contributed by atoms with E-state index in [0.717, 1.165) is 22.3 Å². The summed E-state index contributed by atoms with van der Waals surface area (Å²) in [6.07, 6.45) is 0.0928. The van der Waals surface area contributed by atoms with E-state index in [-0.39, 0.29) is 17.9 Å². The zero-order valence-electron chi connectivity index (χ0n) is 15.9. The summed E-state index contributed by atoms with van der Waals surface area (Å²) in [7, 11) is 4.00. The van der Waals surface area contributed by atoms with Crippen molar-refractivity contribution in [3.63, 3.8) is 0 Å². The van der Waals surface area contributed by atoms with E-state index in [9.17, 15) is 4.39 Å². The summed E-state index contributed by atoms with van der Waals surface area (Å²) < 4.78 is 14.2. The predicted octanol–water partition coefficient (Wildman–Crippen LogP) is 4.88. The minimum Gasteiger partial charge on any atom is -0.339 e. The Bertz CT molecular complexity index is 921. The van der Waals surface area contributed by atoms with Crippen LogP contribution in [-0.2, 0) is 0 Å². The van der Waals surface area contributed by atoms with E-state index < -0.39 is 0 Å². The van der Waals surface area contributed by atoms with Crippen molar-refractivity contribution in [1.29, 1.82) is 0 Å². The molecule has 26 heavy (non-hydrogen) atoms. The summed E-state index contributed by atoms with van der Waals surface area (Å²) in [5.41, 5.74) is 2.66. The summed E-state index contributed by atoms with van der Waals surface area (Å²) in [5.74, 6) is 0.626. The molecule has 136 valence electrons. The van der Waals surface area contributed by atoms with Gasteiger partial charge in [-0.25, -0.2) is 14.4 Å². The molecule has 3 aromatic rings. The topological polar surface area (TPSA) is 41.1 Å². The van der Waals surface area contributed by atoms with E-state index >= 15 is 0 Å². The van der Waals surface area contributed by atoms with Gasteiger partial charge in [0.1, 0.15) is 5.82 Å². The first-order chi connectivity index (χ1) is 12.4. The average molecular weight is 352 g/mol. The van der Waals surface area contributed by atoms with Gasteiger partial charge in [-0.3, -0.25) is 4.90 Å². The second-order valence-electron chi connectivity index (χ2n) is 7.08. The number of nitrogens with zero attached hydrogens (tertiary/aromatic N) is 3. The number of hydrogen-bond donors (Lipinski definition) is 1. The molecule has 0 aliphatic carbocycles. The molecular weight excluding hydrogens is 327 g/mol. The molecule has 0 radical (unpaired) electrons. The van der Waals surface area contributed by atoms with Crippen LogP contribution in [0.15, 0.2) is 42.5 Å². The molecule has 0 amide bonds. The number of rotatable bonds is 5. The lowest BCUT2D eigenvalue weighted by molar-refractivity contribution is 0.342. The molecule has 1 atom stereocenters. The monoisotopic (exact) mass is 352 g/mol. The Morgan fingerprint density at radius 3 is 2.31 bits per heavy atom. The molecule has 0 saturated carbocycles. The van der Waals surface area contributed by atoms with E-state index in [4.69, 9.17) is 4.98 Å². The predicted molar refractivity (Wildman–Crippen MR) is 106 cm³/mol. The van der Waals surface area contributed by atoms with Crippen molar-refractivity contribution in [1.82, 2.24) is 14.9 Å². The third-order valence-corrected chi connectivity index (χ3v) is 4.60. The minimum absolute atomic E-state index is 0.0928. The van der Waals surface area contributed by atoms with Gasteiger partial charge in [0.2, 0.25) is 5.95 Å². The summed E-state index contributed by atoms with van der Waals surface area (Å²) in [5, 5.41) is 4.79. The maximum atomic E-state index is 14.2. The van der Waals surface area contributed by atoms with E-state index in [1.54, 1.807) is 12.1 Å². The Kier molecular flexibility index (Phi) is 5.18. The molecule has 2 aromatic carbocycles. The molecule has 5 heteroatoms. The van der Waals surface area contributed by atoms with E-state index in [1.165, 1.54) is 6.07 Å². The van der Waals surface area contributed by atoms with Gasteiger partial charge in [0, 0.05) is 16.6 Å². The van der Waals surface area contributed by atoms with Crippen molar-refractivity contribution in [2.75, 3.05) is 19.4 Å². The lowest BCUT2D eigenvalue weighted by atomic mass is 10.00. The summed E-state index contributed by atoms with van der Waals surface area (Å²) in [6, 6.07) is 12.8. The SMILES string of the molecule is CC(C)c1cc(-c2ccc(F)c3ccccc23)nc(NC(C)N(C)C)n1. The number of nitrogens with one attached hydrogen (secondary N) is 1. The highest BCUT2D eigenvalue weighted by atomic mass is 19.1. The van der Waals surface area contributed by atoms with Crippen LogP contribution in [0.3, 0.4) is 0 Å². The Labute approximate surface area is 154 Å². The van der Waals surface area contributed by atoms with Gasteiger partial charge in [0.15, 0.2) is 0 Å². The molecule has 1 heterocycles. The molecule has 3 rings (SSSR count). The fourth-order valence-corrected chi connectivity index (χ4v) is 2.77. The highest BCUT2D eigenvalue weighted by Gasteiger charge is 2.14. The van der Waals surface area contributed by atoms with Gasteiger partial charge in [0.25, 0.3) is 0 Å². The van der Waals surface area contributed by atoms with Crippen LogP contribution in [0.2, 0.25) is 0 Å². The molecule has 0 fully saturated rings. The quantitative estimate of drug-likeness (QED) is 0.665. The van der Waals surface area contributed by atoms with Crippen LogP contribution in [0.5, 0.6) is 0 Å². The molecular formula is C21H25FN4. The van der Waals surface area contributed by atoms with Crippen molar-refractivity contribution >= 4 is 16.7 Å². The molecule has 0 spiro atoms. The Balaban J connectivity index is 2.16. The van der Waals surface area contributed by atoms with Gasteiger partial charge < -0.3 is 5.32 Å². The number of halogens is 1. The summed E-state index contributed by atoms with van der Waals surface area (Å²) in [4.78, 5) is 11.4. The van der Waals surface area contributed by atoms with Crippen molar-refractivity contribution in [3.8, 4) is 11.3 Å². The van der Waals surface area contributed by atoms with Gasteiger partial charge in [-0.05, 0) is 50.5 Å². The van der Waals surface area contributed by atoms with Gasteiger partial charge in [-0.2, -0.15) is 0 Å². The van der Waals surface area contributed by atoms with Crippen LogP contribution in [0.25, 0.3) is 22.0 Å².